The largest absolute Gasteiger partial charge is 0.433 e. The molecule has 3 rings (SSSR count). The van der Waals surface area contributed by atoms with E-state index in [1.807, 2.05) is 12.1 Å². The summed E-state index contributed by atoms with van der Waals surface area (Å²) in [6, 6.07) is 4.86. The fraction of sp³-hybridized carbons (Fsp3) is 0.357. The first kappa shape index (κ1) is 14.2. The van der Waals surface area contributed by atoms with Crippen LogP contribution >= 0.6 is 12.2 Å². The van der Waals surface area contributed by atoms with E-state index in [9.17, 15) is 13.2 Å². The Bertz CT molecular complexity index is 724. The summed E-state index contributed by atoms with van der Waals surface area (Å²) in [5, 5.41) is 0. The van der Waals surface area contributed by atoms with Crippen LogP contribution < -0.4 is 0 Å². The van der Waals surface area contributed by atoms with Crippen molar-refractivity contribution in [3.8, 4) is 0 Å². The number of aryl methyl sites for hydroxylation is 1. The van der Waals surface area contributed by atoms with Crippen LogP contribution in [0, 0.1) is 4.77 Å². The molecule has 110 valence electrons. The Morgan fingerprint density at radius 2 is 2.14 bits per heavy atom. The number of alkyl halides is 3. The smallest absolute Gasteiger partial charge is 0.334 e. The fourth-order valence-corrected chi connectivity index (χ4v) is 2.94. The summed E-state index contributed by atoms with van der Waals surface area (Å²) >= 11 is 4.84. The first-order valence-electron chi connectivity index (χ1n) is 6.57. The van der Waals surface area contributed by atoms with Crippen molar-refractivity contribution in [2.45, 2.75) is 31.4 Å². The van der Waals surface area contributed by atoms with E-state index in [1.54, 1.807) is 6.20 Å². The van der Waals surface area contributed by atoms with E-state index in [1.165, 1.54) is 0 Å². The van der Waals surface area contributed by atoms with E-state index in [2.05, 4.69) is 15.0 Å². The zero-order valence-corrected chi connectivity index (χ0v) is 11.8. The zero-order chi connectivity index (χ0) is 15.0. The lowest BCUT2D eigenvalue weighted by atomic mass is 9.84. The first-order chi connectivity index (χ1) is 9.95. The van der Waals surface area contributed by atoms with Gasteiger partial charge in [-0.05, 0) is 49.2 Å². The van der Waals surface area contributed by atoms with Crippen LogP contribution in [0.1, 0.15) is 41.4 Å². The molecule has 0 saturated carbocycles. The summed E-state index contributed by atoms with van der Waals surface area (Å²) < 4.78 is 38.5. The Hall–Kier alpha value is -1.76. The molecule has 2 aromatic heterocycles. The summed E-state index contributed by atoms with van der Waals surface area (Å²) in [7, 11) is 0. The Morgan fingerprint density at radius 3 is 2.90 bits per heavy atom. The Labute approximate surface area is 124 Å². The molecule has 21 heavy (non-hydrogen) atoms. The fourth-order valence-electron chi connectivity index (χ4n) is 2.72. The molecule has 0 amide bonds. The number of fused-ring (bicyclic) bond motifs is 1. The third-order valence-electron chi connectivity index (χ3n) is 3.63. The van der Waals surface area contributed by atoms with E-state index in [0.717, 1.165) is 36.6 Å². The van der Waals surface area contributed by atoms with Crippen LogP contribution in [-0.2, 0) is 12.6 Å². The van der Waals surface area contributed by atoms with Gasteiger partial charge in [0.05, 0.1) is 5.69 Å². The second kappa shape index (κ2) is 5.22. The first-order valence-corrected chi connectivity index (χ1v) is 6.98. The Morgan fingerprint density at radius 1 is 1.33 bits per heavy atom. The van der Waals surface area contributed by atoms with Gasteiger partial charge in [-0.3, -0.25) is 4.98 Å². The number of rotatable bonds is 1. The molecular weight excluding hydrogens is 299 g/mol. The van der Waals surface area contributed by atoms with Crippen molar-refractivity contribution in [1.29, 1.82) is 0 Å². The van der Waals surface area contributed by atoms with Gasteiger partial charge in [-0.25, -0.2) is 4.98 Å². The molecule has 0 fully saturated rings. The van der Waals surface area contributed by atoms with Crippen molar-refractivity contribution in [2.75, 3.05) is 0 Å². The third kappa shape index (κ3) is 2.83. The number of nitrogens with one attached hydrogen (secondary N) is 1. The van der Waals surface area contributed by atoms with Gasteiger partial charge < -0.3 is 4.98 Å². The highest BCUT2D eigenvalue weighted by Gasteiger charge is 2.34. The van der Waals surface area contributed by atoms with Crippen molar-refractivity contribution in [2.24, 2.45) is 0 Å². The summed E-state index contributed by atoms with van der Waals surface area (Å²) in [6.07, 6.45) is -0.279. The number of nitrogens with zero attached hydrogens (tertiary/aromatic N) is 2. The second-order valence-corrected chi connectivity index (χ2v) is 5.40. The molecule has 0 spiro atoms. The maximum atomic E-state index is 12.9. The van der Waals surface area contributed by atoms with Crippen LogP contribution in [0.15, 0.2) is 24.4 Å². The van der Waals surface area contributed by atoms with Gasteiger partial charge in [-0.15, -0.1) is 0 Å². The molecule has 0 bridgehead atoms. The predicted molar refractivity (Wildman–Crippen MR) is 73.4 cm³/mol. The van der Waals surface area contributed by atoms with Gasteiger partial charge in [0.15, 0.2) is 4.77 Å². The molecule has 0 saturated heterocycles. The summed E-state index contributed by atoms with van der Waals surface area (Å²) in [4.78, 5) is 10.5. The molecule has 1 aliphatic carbocycles. The molecule has 1 unspecified atom stereocenters. The van der Waals surface area contributed by atoms with E-state index in [0.29, 0.717) is 5.69 Å². The molecule has 0 radical (unpaired) electrons. The van der Waals surface area contributed by atoms with E-state index in [-0.39, 0.29) is 10.7 Å². The van der Waals surface area contributed by atoms with Crippen LogP contribution in [0.25, 0.3) is 0 Å². The lowest BCUT2D eigenvalue weighted by molar-refractivity contribution is -0.141. The molecule has 3 nitrogen and oxygen atoms in total. The van der Waals surface area contributed by atoms with Gasteiger partial charge in [-0.2, -0.15) is 13.2 Å². The van der Waals surface area contributed by atoms with E-state index < -0.39 is 11.9 Å². The lowest BCUT2D eigenvalue weighted by Crippen LogP contribution is -2.17. The van der Waals surface area contributed by atoms with E-state index >= 15 is 0 Å². The van der Waals surface area contributed by atoms with E-state index in [4.69, 9.17) is 12.2 Å². The van der Waals surface area contributed by atoms with Gasteiger partial charge in [-0.1, -0.05) is 6.07 Å². The minimum Gasteiger partial charge on any atom is -0.334 e. The van der Waals surface area contributed by atoms with Crippen LogP contribution in [0.3, 0.4) is 0 Å². The molecular formula is C14H12F3N3S. The average molecular weight is 311 g/mol. The molecule has 7 heteroatoms. The highest BCUT2D eigenvalue weighted by Crippen LogP contribution is 2.36. The van der Waals surface area contributed by atoms with Gasteiger partial charge in [0, 0.05) is 17.8 Å². The van der Waals surface area contributed by atoms with Crippen LogP contribution in [-0.4, -0.2) is 15.0 Å². The van der Waals surface area contributed by atoms with Crippen molar-refractivity contribution in [3.63, 3.8) is 0 Å². The number of pyridine rings is 1. The Kier molecular flexibility index (Phi) is 3.52. The van der Waals surface area contributed by atoms with Crippen molar-refractivity contribution in [1.82, 2.24) is 15.0 Å². The van der Waals surface area contributed by atoms with Gasteiger partial charge in [0.1, 0.15) is 5.69 Å². The van der Waals surface area contributed by atoms with Crippen molar-refractivity contribution >= 4 is 12.2 Å². The number of hydrogen-bond donors (Lipinski definition) is 1. The van der Waals surface area contributed by atoms with Gasteiger partial charge in [0.2, 0.25) is 0 Å². The molecule has 0 aliphatic heterocycles. The normalized spacial score (nSPS) is 18.3. The lowest BCUT2D eigenvalue weighted by Gasteiger charge is -2.24. The van der Waals surface area contributed by atoms with Crippen LogP contribution in [0.5, 0.6) is 0 Å². The second-order valence-electron chi connectivity index (χ2n) is 5.02. The number of H-pyrrole nitrogens is 1. The molecule has 2 heterocycles. The molecule has 1 atom stereocenters. The topological polar surface area (TPSA) is 41.6 Å². The molecule has 1 N–H and O–H groups in total. The zero-order valence-electron chi connectivity index (χ0n) is 10.9. The molecule has 0 aromatic carbocycles. The maximum Gasteiger partial charge on any atom is 0.433 e. The SMILES string of the molecule is FC(F)(F)c1cc(C2CCCc3cccnc32)[nH]c(=S)n1. The maximum absolute atomic E-state index is 12.9. The minimum absolute atomic E-state index is 0.150. The summed E-state index contributed by atoms with van der Waals surface area (Å²) in [5.74, 6) is -0.194. The van der Waals surface area contributed by atoms with Crippen LogP contribution in [0.2, 0.25) is 0 Å². The van der Waals surface area contributed by atoms with Gasteiger partial charge in [0.25, 0.3) is 0 Å². The Balaban J connectivity index is 2.10. The average Bonchev–Trinajstić information content (AvgIpc) is 2.45. The molecule has 2 aromatic rings. The standard InChI is InChI=1S/C14H12F3N3S/c15-14(16,17)11-7-10(19-13(21)20-11)9-5-1-3-8-4-2-6-18-12(8)9/h2,4,6-7,9H,1,3,5H2,(H,19,20,21). The van der Waals surface area contributed by atoms with Crippen molar-refractivity contribution < 1.29 is 13.2 Å². The summed E-state index contributed by atoms with van der Waals surface area (Å²) in [5.41, 5.74) is 1.39. The number of aromatic amines is 1. The monoisotopic (exact) mass is 311 g/mol. The molecule has 1 aliphatic rings. The highest BCUT2D eigenvalue weighted by molar-refractivity contribution is 7.71. The minimum atomic E-state index is -4.50. The summed E-state index contributed by atoms with van der Waals surface area (Å²) in [6.45, 7) is 0. The number of hydrogen-bond acceptors (Lipinski definition) is 3. The predicted octanol–water partition coefficient (Wildman–Crippen LogP) is 4.02. The number of halogens is 3. The van der Waals surface area contributed by atoms with Gasteiger partial charge >= 0.3 is 6.18 Å². The van der Waals surface area contributed by atoms with Crippen molar-refractivity contribution in [3.05, 3.63) is 51.8 Å². The number of aromatic nitrogens is 3. The quantitative estimate of drug-likeness (QED) is 0.809. The van der Waals surface area contributed by atoms with Crippen LogP contribution in [0.4, 0.5) is 13.2 Å². The highest BCUT2D eigenvalue weighted by atomic mass is 32.1. The third-order valence-corrected chi connectivity index (χ3v) is 3.82.